The number of hydrogen-bond donors (Lipinski definition) is 2. The van der Waals surface area contributed by atoms with E-state index in [0.29, 0.717) is 11.4 Å². The van der Waals surface area contributed by atoms with Crippen LogP contribution < -0.4 is 11.1 Å². The van der Waals surface area contributed by atoms with E-state index in [1.807, 2.05) is 6.07 Å². The Kier molecular flexibility index (Phi) is 4.42. The molecule has 1 atom stereocenters. The van der Waals surface area contributed by atoms with Crippen LogP contribution in [-0.4, -0.2) is 39.7 Å². The standard InChI is InChI=1S/C17H18N6O2/c1-10-8-19-9-14(20-10)16(25)21-12-5-3-4-11(6-12)13-7-15(24)23(2)17(18)22-13/h3-6,8-9,13H,7H2,1-2H3,(H2,18,22)(H,21,25). The second-order valence-corrected chi connectivity index (χ2v) is 5.79. The first-order chi connectivity index (χ1) is 11.9. The summed E-state index contributed by atoms with van der Waals surface area (Å²) in [4.78, 5) is 38.0. The molecule has 8 nitrogen and oxygen atoms in total. The number of aromatic nitrogens is 2. The Hall–Kier alpha value is -3.29. The van der Waals surface area contributed by atoms with Crippen LogP contribution in [0.25, 0.3) is 0 Å². The zero-order valence-electron chi connectivity index (χ0n) is 13.9. The Bertz CT molecular complexity index is 864. The number of aliphatic imine (C=N–C) groups is 1. The number of guanidine groups is 1. The molecule has 128 valence electrons. The molecule has 2 aromatic rings. The predicted molar refractivity (Wildman–Crippen MR) is 92.9 cm³/mol. The van der Waals surface area contributed by atoms with Gasteiger partial charge in [-0.15, -0.1) is 0 Å². The molecule has 0 spiro atoms. The number of amides is 2. The molecule has 2 heterocycles. The maximum Gasteiger partial charge on any atom is 0.275 e. The molecule has 0 saturated heterocycles. The van der Waals surface area contributed by atoms with Gasteiger partial charge in [0.05, 0.1) is 24.4 Å². The summed E-state index contributed by atoms with van der Waals surface area (Å²) in [7, 11) is 1.59. The Morgan fingerprint density at radius 2 is 2.16 bits per heavy atom. The first kappa shape index (κ1) is 16.6. The van der Waals surface area contributed by atoms with Gasteiger partial charge in [-0.25, -0.2) is 9.98 Å². The minimum absolute atomic E-state index is 0.0954. The monoisotopic (exact) mass is 338 g/mol. The molecule has 1 aliphatic rings. The van der Waals surface area contributed by atoms with E-state index in [9.17, 15) is 9.59 Å². The lowest BCUT2D eigenvalue weighted by Crippen LogP contribution is -2.42. The van der Waals surface area contributed by atoms with Crippen LogP contribution in [0.1, 0.15) is 34.2 Å². The molecule has 0 bridgehead atoms. The van der Waals surface area contributed by atoms with Crippen molar-refractivity contribution in [2.24, 2.45) is 10.7 Å². The highest BCUT2D eigenvalue weighted by Crippen LogP contribution is 2.27. The minimum atomic E-state index is -0.362. The van der Waals surface area contributed by atoms with Crippen molar-refractivity contribution in [3.63, 3.8) is 0 Å². The highest BCUT2D eigenvalue weighted by atomic mass is 16.2. The number of nitrogens with two attached hydrogens (primary N) is 1. The fraction of sp³-hybridized carbons (Fsp3) is 0.235. The lowest BCUT2D eigenvalue weighted by Gasteiger charge is -2.25. The number of nitrogens with one attached hydrogen (secondary N) is 1. The average Bonchev–Trinajstić information content (AvgIpc) is 2.59. The van der Waals surface area contributed by atoms with Gasteiger partial charge in [0.25, 0.3) is 5.91 Å². The minimum Gasteiger partial charge on any atom is -0.369 e. The molecule has 3 N–H and O–H groups in total. The van der Waals surface area contributed by atoms with E-state index in [-0.39, 0.29) is 35.9 Å². The topological polar surface area (TPSA) is 114 Å². The van der Waals surface area contributed by atoms with E-state index in [0.717, 1.165) is 5.56 Å². The molecular formula is C17H18N6O2. The van der Waals surface area contributed by atoms with E-state index in [1.165, 1.54) is 11.1 Å². The fourth-order valence-corrected chi connectivity index (χ4v) is 2.51. The number of benzene rings is 1. The summed E-state index contributed by atoms with van der Waals surface area (Å²) in [5.74, 6) is -0.261. The van der Waals surface area contributed by atoms with E-state index >= 15 is 0 Å². The van der Waals surface area contributed by atoms with Crippen molar-refractivity contribution < 1.29 is 9.59 Å². The van der Waals surface area contributed by atoms with Gasteiger partial charge in [0, 0.05) is 18.9 Å². The lowest BCUT2D eigenvalue weighted by molar-refractivity contribution is -0.127. The van der Waals surface area contributed by atoms with Gasteiger partial charge < -0.3 is 11.1 Å². The van der Waals surface area contributed by atoms with Crippen LogP contribution in [0.2, 0.25) is 0 Å². The number of aryl methyl sites for hydroxylation is 1. The molecule has 1 aliphatic heterocycles. The van der Waals surface area contributed by atoms with Gasteiger partial charge in [0.1, 0.15) is 5.69 Å². The number of nitrogens with zero attached hydrogens (tertiary/aromatic N) is 4. The van der Waals surface area contributed by atoms with Gasteiger partial charge in [-0.1, -0.05) is 12.1 Å². The molecule has 1 unspecified atom stereocenters. The molecule has 0 radical (unpaired) electrons. The molecule has 0 saturated carbocycles. The van der Waals surface area contributed by atoms with Crippen LogP contribution in [0.5, 0.6) is 0 Å². The highest BCUT2D eigenvalue weighted by molar-refractivity contribution is 6.02. The number of carbonyl (C=O) groups excluding carboxylic acids is 2. The summed E-state index contributed by atoms with van der Waals surface area (Å²) in [6.45, 7) is 1.77. The first-order valence-corrected chi connectivity index (χ1v) is 7.74. The second-order valence-electron chi connectivity index (χ2n) is 5.79. The van der Waals surface area contributed by atoms with Gasteiger partial charge in [0.2, 0.25) is 5.91 Å². The molecule has 2 amide bonds. The van der Waals surface area contributed by atoms with Gasteiger partial charge in [-0.3, -0.25) is 19.5 Å². The fourth-order valence-electron chi connectivity index (χ4n) is 2.51. The third kappa shape index (κ3) is 3.63. The van der Waals surface area contributed by atoms with Crippen molar-refractivity contribution in [3.05, 3.63) is 53.6 Å². The molecule has 1 aromatic carbocycles. The molecule has 1 aromatic heterocycles. The number of rotatable bonds is 3. The van der Waals surface area contributed by atoms with Crippen LogP contribution >= 0.6 is 0 Å². The zero-order chi connectivity index (χ0) is 18.0. The quantitative estimate of drug-likeness (QED) is 0.874. The maximum atomic E-state index is 12.3. The number of anilines is 1. The van der Waals surface area contributed by atoms with Crippen LogP contribution in [0.4, 0.5) is 5.69 Å². The van der Waals surface area contributed by atoms with Crippen molar-refractivity contribution in [3.8, 4) is 0 Å². The second kappa shape index (κ2) is 6.68. The van der Waals surface area contributed by atoms with E-state index in [2.05, 4.69) is 20.3 Å². The van der Waals surface area contributed by atoms with E-state index < -0.39 is 0 Å². The summed E-state index contributed by atoms with van der Waals surface area (Å²) in [5, 5.41) is 2.78. The van der Waals surface area contributed by atoms with Crippen molar-refractivity contribution >= 4 is 23.5 Å². The molecule has 25 heavy (non-hydrogen) atoms. The van der Waals surface area contributed by atoms with Crippen molar-refractivity contribution in [1.82, 2.24) is 14.9 Å². The van der Waals surface area contributed by atoms with Gasteiger partial charge in [0.15, 0.2) is 5.96 Å². The summed E-state index contributed by atoms with van der Waals surface area (Å²) in [5.41, 5.74) is 8.07. The van der Waals surface area contributed by atoms with Crippen molar-refractivity contribution in [1.29, 1.82) is 0 Å². The average molecular weight is 338 g/mol. The maximum absolute atomic E-state index is 12.3. The summed E-state index contributed by atoms with van der Waals surface area (Å²) in [6.07, 6.45) is 3.22. The van der Waals surface area contributed by atoms with Gasteiger partial charge in [-0.2, -0.15) is 0 Å². The third-order valence-electron chi connectivity index (χ3n) is 3.89. The van der Waals surface area contributed by atoms with Crippen LogP contribution in [-0.2, 0) is 4.79 Å². The molecule has 0 aliphatic carbocycles. The summed E-state index contributed by atoms with van der Waals surface area (Å²) < 4.78 is 0. The number of carbonyl (C=O) groups is 2. The van der Waals surface area contributed by atoms with Crippen LogP contribution in [0.3, 0.4) is 0 Å². The number of hydrogen-bond acceptors (Lipinski definition) is 6. The Balaban J connectivity index is 1.80. The molecule has 0 fully saturated rings. The largest absolute Gasteiger partial charge is 0.369 e. The highest BCUT2D eigenvalue weighted by Gasteiger charge is 2.25. The normalized spacial score (nSPS) is 17.2. The molecular weight excluding hydrogens is 320 g/mol. The van der Waals surface area contributed by atoms with Crippen molar-refractivity contribution in [2.75, 3.05) is 12.4 Å². The lowest BCUT2D eigenvalue weighted by atomic mass is 10.0. The van der Waals surface area contributed by atoms with Crippen LogP contribution in [0, 0.1) is 6.92 Å². The smallest absolute Gasteiger partial charge is 0.275 e. The van der Waals surface area contributed by atoms with Crippen LogP contribution in [0.15, 0.2) is 41.7 Å². The summed E-state index contributed by atoms with van der Waals surface area (Å²) >= 11 is 0. The molecule has 3 rings (SSSR count). The third-order valence-corrected chi connectivity index (χ3v) is 3.89. The van der Waals surface area contributed by atoms with Crippen molar-refractivity contribution in [2.45, 2.75) is 19.4 Å². The Morgan fingerprint density at radius 1 is 1.36 bits per heavy atom. The zero-order valence-corrected chi connectivity index (χ0v) is 13.9. The van der Waals surface area contributed by atoms with E-state index in [1.54, 1.807) is 38.4 Å². The Morgan fingerprint density at radius 3 is 2.88 bits per heavy atom. The van der Waals surface area contributed by atoms with Gasteiger partial charge in [-0.05, 0) is 24.6 Å². The first-order valence-electron chi connectivity index (χ1n) is 7.74. The Labute approximate surface area is 144 Å². The van der Waals surface area contributed by atoms with Gasteiger partial charge >= 0.3 is 0 Å². The predicted octanol–water partition coefficient (Wildman–Crippen LogP) is 1.26. The SMILES string of the molecule is Cc1cncc(C(=O)Nc2cccc(C3CC(=O)N(C)C(N)=N3)c2)n1. The summed E-state index contributed by atoms with van der Waals surface area (Å²) in [6, 6.07) is 6.82. The van der Waals surface area contributed by atoms with E-state index in [4.69, 9.17) is 5.73 Å². The molecule has 8 heteroatoms.